The third-order valence-corrected chi connectivity index (χ3v) is 7.88. The van der Waals surface area contributed by atoms with Gasteiger partial charge in [0, 0.05) is 79.8 Å². The number of carbonyl (C=O) groups is 5. The van der Waals surface area contributed by atoms with Gasteiger partial charge in [-0.3, -0.25) is 24.0 Å². The van der Waals surface area contributed by atoms with Crippen LogP contribution in [-0.2, 0) is 24.0 Å². The van der Waals surface area contributed by atoms with Gasteiger partial charge in [0.25, 0.3) is 0 Å². The Balaban J connectivity index is 1.92. The topological polar surface area (TPSA) is 132 Å². The lowest BCUT2D eigenvalue weighted by Crippen LogP contribution is -2.17. The van der Waals surface area contributed by atoms with Gasteiger partial charge in [0.15, 0.2) is 0 Å². The van der Waals surface area contributed by atoms with Crippen LogP contribution in [0.25, 0.3) is 0 Å². The molecule has 52 heavy (non-hydrogen) atoms. The van der Waals surface area contributed by atoms with Gasteiger partial charge < -0.3 is 23.7 Å². The molecule has 0 aliphatic carbocycles. The number of para-hydroxylation sites is 5. The molecule has 0 amide bonds. The second-order valence-corrected chi connectivity index (χ2v) is 11.8. The van der Waals surface area contributed by atoms with Gasteiger partial charge in [0.05, 0.1) is 0 Å². The fourth-order valence-electron chi connectivity index (χ4n) is 6.16. The molecule has 0 saturated carbocycles. The summed E-state index contributed by atoms with van der Waals surface area (Å²) >= 11 is 0. The van der Waals surface area contributed by atoms with Gasteiger partial charge in [0.1, 0.15) is 28.7 Å². The predicted molar refractivity (Wildman–Crippen MR) is 191 cm³/mol. The Labute approximate surface area is 300 Å². The van der Waals surface area contributed by atoms with Gasteiger partial charge in [0.2, 0.25) is 0 Å². The molecular weight excluding hydrogens is 664 g/mol. The number of hydrogen-bond donors (Lipinski definition) is 0. The van der Waals surface area contributed by atoms with Crippen molar-refractivity contribution in [1.29, 1.82) is 0 Å². The fourth-order valence-corrected chi connectivity index (χ4v) is 6.16. The maximum absolute atomic E-state index is 13.1. The minimum atomic E-state index is -0.853. The molecule has 0 radical (unpaired) electrons. The molecule has 0 atom stereocenters. The molecule has 264 valence electrons. The van der Waals surface area contributed by atoms with E-state index in [1.54, 1.807) is 115 Å². The molecular formula is C42H36O10. The smallest absolute Gasteiger partial charge is 0.308 e. The Bertz CT molecular complexity index is 1890. The summed E-state index contributed by atoms with van der Waals surface area (Å²) in [4.78, 5) is 62.4. The monoisotopic (exact) mass is 700 g/mol. The maximum atomic E-state index is 13.1. The fraction of sp³-hybridized carbons (Fsp3) is 0.167. The Hall–Kier alpha value is -6.55. The lowest BCUT2D eigenvalue weighted by molar-refractivity contribution is -0.133. The Morgan fingerprint density at radius 1 is 0.327 bits per heavy atom. The summed E-state index contributed by atoms with van der Waals surface area (Å²) in [6.45, 7) is 6.42. The van der Waals surface area contributed by atoms with E-state index in [1.165, 1.54) is 34.6 Å². The summed E-state index contributed by atoms with van der Waals surface area (Å²) in [7, 11) is 0. The van der Waals surface area contributed by atoms with Crippen molar-refractivity contribution in [1.82, 2.24) is 0 Å². The molecule has 0 aromatic heterocycles. The van der Waals surface area contributed by atoms with Crippen LogP contribution in [0.15, 0.2) is 115 Å². The van der Waals surface area contributed by atoms with Gasteiger partial charge in [-0.25, -0.2) is 0 Å². The Kier molecular flexibility index (Phi) is 11.6. The minimum absolute atomic E-state index is 0.121. The van der Waals surface area contributed by atoms with Crippen LogP contribution in [-0.4, -0.2) is 29.8 Å². The van der Waals surface area contributed by atoms with Crippen molar-refractivity contribution in [3.63, 3.8) is 0 Å². The molecule has 0 fully saturated rings. The van der Waals surface area contributed by atoms with Crippen molar-refractivity contribution in [3.8, 4) is 28.7 Å². The summed E-state index contributed by atoms with van der Waals surface area (Å²) < 4.78 is 28.9. The maximum Gasteiger partial charge on any atom is 0.308 e. The first-order valence-corrected chi connectivity index (χ1v) is 16.3. The highest BCUT2D eigenvalue weighted by molar-refractivity contribution is 5.76. The molecule has 0 spiro atoms. The molecule has 0 aliphatic heterocycles. The molecule has 0 aliphatic rings. The normalized spacial score (nSPS) is 10.8. The summed E-state index contributed by atoms with van der Waals surface area (Å²) in [6, 6.07) is 32.9. The second-order valence-electron chi connectivity index (χ2n) is 11.8. The van der Waals surface area contributed by atoms with E-state index >= 15 is 0 Å². The number of benzene rings is 5. The zero-order chi connectivity index (χ0) is 37.4. The van der Waals surface area contributed by atoms with Crippen LogP contribution in [0.3, 0.4) is 0 Å². The molecule has 0 unspecified atom stereocenters. The van der Waals surface area contributed by atoms with Crippen molar-refractivity contribution in [2.75, 3.05) is 0 Å². The van der Waals surface area contributed by atoms with Gasteiger partial charge in [-0.2, -0.15) is 0 Å². The average Bonchev–Trinajstić information content (AvgIpc) is 3.08. The number of hydrogen-bond acceptors (Lipinski definition) is 10. The Morgan fingerprint density at radius 3 is 0.808 bits per heavy atom. The molecule has 5 rings (SSSR count). The number of ether oxygens (including phenoxy) is 5. The first kappa shape index (κ1) is 36.7. The summed E-state index contributed by atoms with van der Waals surface area (Å²) in [5.74, 6) is -3.54. The van der Waals surface area contributed by atoms with Crippen LogP contribution in [0.2, 0.25) is 0 Å². The van der Waals surface area contributed by atoms with Crippen LogP contribution in [0.4, 0.5) is 0 Å². The average molecular weight is 701 g/mol. The zero-order valence-corrected chi connectivity index (χ0v) is 29.2. The van der Waals surface area contributed by atoms with E-state index in [9.17, 15) is 24.0 Å². The SMILES string of the molecule is CC(=O)Oc1ccccc1C(c1ccccc1OC(C)=O)c1cccc(C(c2ccccc2OC(C)=O)c2ccccc2OC(C)=O)c1OC(C)=O. The van der Waals surface area contributed by atoms with Crippen LogP contribution >= 0.6 is 0 Å². The highest BCUT2D eigenvalue weighted by Crippen LogP contribution is 2.50. The molecule has 0 heterocycles. The van der Waals surface area contributed by atoms with E-state index < -0.39 is 41.7 Å². The molecule has 10 nitrogen and oxygen atoms in total. The number of rotatable bonds is 11. The molecule has 0 bridgehead atoms. The van der Waals surface area contributed by atoms with E-state index in [4.69, 9.17) is 23.7 Å². The highest BCUT2D eigenvalue weighted by atomic mass is 16.6. The molecule has 10 heteroatoms. The van der Waals surface area contributed by atoms with E-state index in [0.717, 1.165) is 0 Å². The second kappa shape index (κ2) is 16.4. The van der Waals surface area contributed by atoms with Crippen LogP contribution < -0.4 is 23.7 Å². The van der Waals surface area contributed by atoms with Crippen LogP contribution in [0, 0.1) is 0 Å². The molecule has 5 aromatic carbocycles. The van der Waals surface area contributed by atoms with E-state index in [-0.39, 0.29) is 28.7 Å². The van der Waals surface area contributed by atoms with Crippen LogP contribution in [0.5, 0.6) is 28.7 Å². The van der Waals surface area contributed by atoms with Crippen molar-refractivity contribution >= 4 is 29.8 Å². The third-order valence-electron chi connectivity index (χ3n) is 7.88. The van der Waals surface area contributed by atoms with Crippen molar-refractivity contribution in [2.45, 2.75) is 46.5 Å². The lowest BCUT2D eigenvalue weighted by Gasteiger charge is -2.29. The molecule has 5 aromatic rings. The van der Waals surface area contributed by atoms with Crippen molar-refractivity contribution in [3.05, 3.63) is 149 Å². The van der Waals surface area contributed by atoms with Crippen molar-refractivity contribution in [2.24, 2.45) is 0 Å². The summed E-state index contributed by atoms with van der Waals surface area (Å²) in [5.41, 5.74) is 2.87. The van der Waals surface area contributed by atoms with Crippen LogP contribution in [0.1, 0.15) is 79.8 Å². The van der Waals surface area contributed by atoms with Gasteiger partial charge in [-0.15, -0.1) is 0 Å². The number of esters is 5. The highest BCUT2D eigenvalue weighted by Gasteiger charge is 2.33. The summed E-state index contributed by atoms with van der Waals surface area (Å²) in [6.07, 6.45) is 0. The minimum Gasteiger partial charge on any atom is -0.426 e. The van der Waals surface area contributed by atoms with Gasteiger partial charge >= 0.3 is 29.8 Å². The zero-order valence-electron chi connectivity index (χ0n) is 29.2. The molecule has 0 N–H and O–H groups in total. The van der Waals surface area contributed by atoms with E-state index in [1.807, 2.05) is 0 Å². The Morgan fingerprint density at radius 2 is 0.558 bits per heavy atom. The largest absolute Gasteiger partial charge is 0.426 e. The lowest BCUT2D eigenvalue weighted by atomic mass is 9.78. The third kappa shape index (κ3) is 8.59. The number of carbonyl (C=O) groups excluding carboxylic acids is 5. The van der Waals surface area contributed by atoms with E-state index in [0.29, 0.717) is 33.4 Å². The predicted octanol–water partition coefficient (Wildman–Crippen LogP) is 7.67. The van der Waals surface area contributed by atoms with Crippen molar-refractivity contribution < 1.29 is 47.7 Å². The van der Waals surface area contributed by atoms with Gasteiger partial charge in [-0.05, 0) is 24.3 Å². The first-order chi connectivity index (χ1) is 24.9. The standard InChI is InChI=1S/C42H36O10/c1-25(43)48-36-21-10-6-15-30(36)40(31-16-7-11-22-37(31)49-26(2)44)34-19-14-20-35(42(34)52-29(5)47)41(32-17-8-12-23-38(32)50-27(3)45)33-18-9-13-24-39(33)51-28(4)46/h6-24,40-41H,1-5H3. The first-order valence-electron chi connectivity index (χ1n) is 16.3. The summed E-state index contributed by atoms with van der Waals surface area (Å²) in [5, 5.41) is 0. The molecule has 0 saturated heterocycles. The van der Waals surface area contributed by atoms with Gasteiger partial charge in [-0.1, -0.05) is 91.0 Å². The quantitative estimate of drug-likeness (QED) is 0.0768. The van der Waals surface area contributed by atoms with E-state index in [2.05, 4.69) is 0 Å².